The number of aromatic nitrogens is 2. The maximum absolute atomic E-state index is 12.4. The molecule has 1 amide bonds. The Hall–Kier alpha value is -1.75. The predicted molar refractivity (Wildman–Crippen MR) is 90.2 cm³/mol. The molecule has 0 aliphatic heterocycles. The van der Waals surface area contributed by atoms with E-state index in [0.717, 1.165) is 18.7 Å². The fraction of sp³-hybridized carbons (Fsp3) is 0.471. The Morgan fingerprint density at radius 1 is 1.32 bits per heavy atom. The summed E-state index contributed by atoms with van der Waals surface area (Å²) in [5, 5.41) is 5.12. The Bertz CT molecular complexity index is 600. The van der Waals surface area contributed by atoms with Gasteiger partial charge in [-0.1, -0.05) is 40.2 Å². The average Bonchev–Trinajstić information content (AvgIpc) is 3.00. The number of nitrogens with one attached hydrogen (secondary N) is 1. The molecule has 22 heavy (non-hydrogen) atoms. The molecule has 2 aromatic heterocycles. The SMILES string of the molecule is CCCC(NC(=O)c1cnc(C(C)(C)C)nc1)c1cccs1. The van der Waals surface area contributed by atoms with Gasteiger partial charge < -0.3 is 5.32 Å². The number of hydrogen-bond donors (Lipinski definition) is 1. The summed E-state index contributed by atoms with van der Waals surface area (Å²) in [6, 6.07) is 4.13. The van der Waals surface area contributed by atoms with Gasteiger partial charge in [0.25, 0.3) is 5.91 Å². The minimum atomic E-state index is -0.118. The quantitative estimate of drug-likeness (QED) is 0.903. The lowest BCUT2D eigenvalue weighted by Crippen LogP contribution is -2.28. The summed E-state index contributed by atoms with van der Waals surface area (Å²) >= 11 is 1.67. The zero-order chi connectivity index (χ0) is 16.2. The minimum Gasteiger partial charge on any atom is -0.344 e. The van der Waals surface area contributed by atoms with Crippen LogP contribution in [-0.2, 0) is 5.41 Å². The molecule has 118 valence electrons. The molecule has 2 rings (SSSR count). The lowest BCUT2D eigenvalue weighted by molar-refractivity contribution is 0.0934. The highest BCUT2D eigenvalue weighted by Gasteiger charge is 2.19. The number of carbonyl (C=O) groups excluding carboxylic acids is 1. The second-order valence-corrected chi connectivity index (χ2v) is 7.35. The zero-order valence-electron chi connectivity index (χ0n) is 13.6. The Balaban J connectivity index is 2.10. The predicted octanol–water partition coefficient (Wildman–Crippen LogP) is 4.11. The summed E-state index contributed by atoms with van der Waals surface area (Å²) in [5.74, 6) is 0.625. The Morgan fingerprint density at radius 3 is 2.50 bits per heavy atom. The molecule has 1 atom stereocenters. The number of carbonyl (C=O) groups is 1. The first-order valence-corrected chi connectivity index (χ1v) is 8.46. The summed E-state index contributed by atoms with van der Waals surface area (Å²) in [6.07, 6.45) is 5.16. The van der Waals surface area contributed by atoms with Crippen molar-refractivity contribution in [3.05, 3.63) is 46.2 Å². The Kier molecular flexibility index (Phi) is 5.29. The van der Waals surface area contributed by atoms with Crippen LogP contribution in [0, 0.1) is 0 Å². The van der Waals surface area contributed by atoms with Crippen molar-refractivity contribution in [2.45, 2.75) is 52.0 Å². The van der Waals surface area contributed by atoms with Crippen molar-refractivity contribution in [1.82, 2.24) is 15.3 Å². The standard InChI is InChI=1S/C17H23N3OS/c1-5-7-13(14-8-6-9-22-14)20-15(21)12-10-18-16(19-11-12)17(2,3)4/h6,8-11,13H,5,7H2,1-4H3,(H,20,21). The summed E-state index contributed by atoms with van der Waals surface area (Å²) in [7, 11) is 0. The first-order chi connectivity index (χ1) is 10.4. The summed E-state index contributed by atoms with van der Waals surface area (Å²) < 4.78 is 0. The van der Waals surface area contributed by atoms with Gasteiger partial charge in [-0.15, -0.1) is 11.3 Å². The summed E-state index contributed by atoms with van der Waals surface area (Å²) in [4.78, 5) is 22.2. The molecule has 2 heterocycles. The van der Waals surface area contributed by atoms with E-state index < -0.39 is 0 Å². The number of nitrogens with zero attached hydrogens (tertiary/aromatic N) is 2. The van der Waals surface area contributed by atoms with Crippen LogP contribution in [0.25, 0.3) is 0 Å². The van der Waals surface area contributed by atoms with E-state index in [2.05, 4.69) is 49.0 Å². The van der Waals surface area contributed by atoms with Gasteiger partial charge in [0.2, 0.25) is 0 Å². The lowest BCUT2D eigenvalue weighted by atomic mass is 9.96. The van der Waals surface area contributed by atoms with Crippen LogP contribution in [0.3, 0.4) is 0 Å². The van der Waals surface area contributed by atoms with Crippen LogP contribution in [0.5, 0.6) is 0 Å². The maximum atomic E-state index is 12.4. The van der Waals surface area contributed by atoms with Gasteiger partial charge in [0.05, 0.1) is 11.6 Å². The highest BCUT2D eigenvalue weighted by molar-refractivity contribution is 7.10. The molecule has 0 bridgehead atoms. The van der Waals surface area contributed by atoms with Crippen LogP contribution in [0.2, 0.25) is 0 Å². The van der Waals surface area contributed by atoms with Gasteiger partial charge >= 0.3 is 0 Å². The lowest BCUT2D eigenvalue weighted by Gasteiger charge is -2.18. The van der Waals surface area contributed by atoms with Crippen molar-refractivity contribution in [1.29, 1.82) is 0 Å². The van der Waals surface area contributed by atoms with E-state index in [1.165, 1.54) is 4.88 Å². The van der Waals surface area contributed by atoms with Crippen LogP contribution in [-0.4, -0.2) is 15.9 Å². The van der Waals surface area contributed by atoms with E-state index >= 15 is 0 Å². The van der Waals surface area contributed by atoms with Gasteiger partial charge in [-0.05, 0) is 17.9 Å². The second-order valence-electron chi connectivity index (χ2n) is 6.38. The molecule has 0 aliphatic carbocycles. The minimum absolute atomic E-state index is 0.0554. The second kappa shape index (κ2) is 7.01. The molecule has 0 aromatic carbocycles. The number of rotatable bonds is 5. The fourth-order valence-corrected chi connectivity index (χ4v) is 2.95. The first-order valence-electron chi connectivity index (χ1n) is 7.58. The molecule has 0 fully saturated rings. The average molecular weight is 317 g/mol. The van der Waals surface area contributed by atoms with E-state index in [1.54, 1.807) is 23.7 Å². The third-order valence-electron chi connectivity index (χ3n) is 3.35. The molecule has 1 unspecified atom stereocenters. The van der Waals surface area contributed by atoms with E-state index in [0.29, 0.717) is 5.56 Å². The Morgan fingerprint density at radius 2 is 2.00 bits per heavy atom. The van der Waals surface area contributed by atoms with Crippen molar-refractivity contribution in [3.8, 4) is 0 Å². The largest absolute Gasteiger partial charge is 0.344 e. The zero-order valence-corrected chi connectivity index (χ0v) is 14.4. The normalized spacial score (nSPS) is 12.9. The molecule has 5 heteroatoms. The van der Waals surface area contributed by atoms with Crippen LogP contribution in [0.15, 0.2) is 29.9 Å². The van der Waals surface area contributed by atoms with Gasteiger partial charge in [-0.2, -0.15) is 0 Å². The number of amides is 1. The van der Waals surface area contributed by atoms with Crippen molar-refractivity contribution in [2.75, 3.05) is 0 Å². The van der Waals surface area contributed by atoms with Crippen molar-refractivity contribution < 1.29 is 4.79 Å². The van der Waals surface area contributed by atoms with Gasteiger partial charge in [0.1, 0.15) is 5.82 Å². The molecule has 0 spiro atoms. The monoisotopic (exact) mass is 317 g/mol. The summed E-state index contributed by atoms with van der Waals surface area (Å²) in [5.41, 5.74) is 0.391. The molecule has 0 radical (unpaired) electrons. The van der Waals surface area contributed by atoms with Crippen LogP contribution >= 0.6 is 11.3 Å². The molecular weight excluding hydrogens is 294 g/mol. The fourth-order valence-electron chi connectivity index (χ4n) is 2.14. The molecule has 4 nitrogen and oxygen atoms in total. The third kappa shape index (κ3) is 4.13. The topological polar surface area (TPSA) is 54.9 Å². The molecule has 0 saturated carbocycles. The van der Waals surface area contributed by atoms with Gasteiger partial charge in [-0.3, -0.25) is 4.79 Å². The molecule has 0 aliphatic rings. The van der Waals surface area contributed by atoms with Crippen LogP contribution < -0.4 is 5.32 Å². The van der Waals surface area contributed by atoms with Gasteiger partial charge in [0.15, 0.2) is 0 Å². The van der Waals surface area contributed by atoms with E-state index in [-0.39, 0.29) is 17.4 Å². The van der Waals surface area contributed by atoms with Crippen molar-refractivity contribution in [3.63, 3.8) is 0 Å². The number of hydrogen-bond acceptors (Lipinski definition) is 4. The number of thiophene rings is 1. The van der Waals surface area contributed by atoms with Crippen molar-refractivity contribution >= 4 is 17.2 Å². The smallest absolute Gasteiger partial charge is 0.254 e. The van der Waals surface area contributed by atoms with E-state index in [4.69, 9.17) is 0 Å². The molecular formula is C17H23N3OS. The molecule has 1 N–H and O–H groups in total. The van der Waals surface area contributed by atoms with Crippen LogP contribution in [0.1, 0.15) is 67.6 Å². The highest BCUT2D eigenvalue weighted by atomic mass is 32.1. The molecule has 0 saturated heterocycles. The van der Waals surface area contributed by atoms with Crippen molar-refractivity contribution in [2.24, 2.45) is 0 Å². The maximum Gasteiger partial charge on any atom is 0.254 e. The van der Waals surface area contributed by atoms with E-state index in [9.17, 15) is 4.79 Å². The van der Waals surface area contributed by atoms with Gasteiger partial charge in [-0.25, -0.2) is 9.97 Å². The Labute approximate surface area is 136 Å². The van der Waals surface area contributed by atoms with E-state index in [1.807, 2.05) is 11.4 Å². The van der Waals surface area contributed by atoms with Gasteiger partial charge in [0, 0.05) is 22.7 Å². The third-order valence-corrected chi connectivity index (χ3v) is 4.34. The summed E-state index contributed by atoms with van der Waals surface area (Å²) in [6.45, 7) is 8.27. The first kappa shape index (κ1) is 16.6. The molecule has 2 aromatic rings. The van der Waals surface area contributed by atoms with Crippen LogP contribution in [0.4, 0.5) is 0 Å². The highest BCUT2D eigenvalue weighted by Crippen LogP contribution is 2.23.